The number of amides is 1. The van der Waals surface area contributed by atoms with E-state index in [1.807, 2.05) is 6.07 Å². The normalized spacial score (nSPS) is 15.2. The summed E-state index contributed by atoms with van der Waals surface area (Å²) >= 11 is 6.00. The molecule has 3 rings (SSSR count). The molecule has 1 amide bonds. The third-order valence-corrected chi connectivity index (χ3v) is 7.69. The van der Waals surface area contributed by atoms with Crippen LogP contribution in [0.25, 0.3) is 0 Å². The van der Waals surface area contributed by atoms with Crippen LogP contribution in [0.15, 0.2) is 41.3 Å². The van der Waals surface area contributed by atoms with Crippen molar-refractivity contribution in [3.8, 4) is 17.2 Å². The Hall–Kier alpha value is -2.49. The largest absolute Gasteiger partial charge is 0.496 e. The zero-order valence-corrected chi connectivity index (χ0v) is 19.8. The third-order valence-electron chi connectivity index (χ3n) is 5.54. The maximum absolute atomic E-state index is 13.1. The van der Waals surface area contributed by atoms with E-state index in [1.54, 1.807) is 32.4 Å². The maximum Gasteiger partial charge on any atom is 0.246 e. The Morgan fingerprint density at radius 1 is 1.03 bits per heavy atom. The molecule has 2 aromatic rings. The molecule has 10 heteroatoms. The van der Waals surface area contributed by atoms with Gasteiger partial charge in [-0.3, -0.25) is 4.79 Å². The van der Waals surface area contributed by atoms with Gasteiger partial charge < -0.3 is 19.5 Å². The molecule has 1 heterocycles. The minimum Gasteiger partial charge on any atom is -0.496 e. The van der Waals surface area contributed by atoms with Crippen LogP contribution in [-0.4, -0.2) is 53.0 Å². The van der Waals surface area contributed by atoms with Crippen LogP contribution >= 0.6 is 11.6 Å². The molecule has 0 bridgehead atoms. The molecule has 0 aliphatic carbocycles. The van der Waals surface area contributed by atoms with Gasteiger partial charge in [-0.1, -0.05) is 17.7 Å². The first kappa shape index (κ1) is 24.2. The number of hydrogen-bond donors (Lipinski definition) is 1. The molecular formula is C22H27ClN2O6S. The number of ether oxygens (including phenoxy) is 3. The fraction of sp³-hybridized carbons (Fsp3) is 0.409. The van der Waals surface area contributed by atoms with Crippen molar-refractivity contribution >= 4 is 27.5 Å². The molecule has 8 nitrogen and oxygen atoms in total. The Morgan fingerprint density at radius 2 is 1.62 bits per heavy atom. The van der Waals surface area contributed by atoms with E-state index in [1.165, 1.54) is 23.5 Å². The molecule has 0 unspecified atom stereocenters. The van der Waals surface area contributed by atoms with Crippen LogP contribution in [0.1, 0.15) is 18.4 Å². The summed E-state index contributed by atoms with van der Waals surface area (Å²) in [6.07, 6.45) is 0.827. The second-order valence-corrected chi connectivity index (χ2v) is 9.68. The Labute approximate surface area is 193 Å². The van der Waals surface area contributed by atoms with E-state index in [0.29, 0.717) is 29.4 Å². The number of nitrogens with one attached hydrogen (secondary N) is 1. The number of carbonyl (C=O) groups excluding carboxylic acids is 1. The van der Waals surface area contributed by atoms with Crippen molar-refractivity contribution in [2.24, 2.45) is 5.92 Å². The summed E-state index contributed by atoms with van der Waals surface area (Å²) in [6.45, 7) is 0.715. The molecule has 174 valence electrons. The standard InChI is InChI=1S/C22H27ClN2O6S/c1-29-18-5-4-6-19(30-2)17(18)14-24-22(26)15-9-11-25(12-10-15)32(27,28)21-13-16(23)7-8-20(21)31-3/h4-8,13,15H,9-12,14H2,1-3H3,(H,24,26). The second-order valence-electron chi connectivity index (χ2n) is 7.33. The van der Waals surface area contributed by atoms with Crippen molar-refractivity contribution in [3.05, 3.63) is 47.0 Å². The summed E-state index contributed by atoms with van der Waals surface area (Å²) in [5.41, 5.74) is 0.749. The van der Waals surface area contributed by atoms with Gasteiger partial charge in [0.1, 0.15) is 22.1 Å². The first-order valence-corrected chi connectivity index (χ1v) is 11.9. The van der Waals surface area contributed by atoms with Gasteiger partial charge in [0.25, 0.3) is 0 Å². The van der Waals surface area contributed by atoms with Crippen molar-refractivity contribution in [1.29, 1.82) is 0 Å². The van der Waals surface area contributed by atoms with Gasteiger partial charge in [-0.15, -0.1) is 0 Å². The molecule has 1 aliphatic rings. The second kappa shape index (κ2) is 10.4. The lowest BCUT2D eigenvalue weighted by Gasteiger charge is -2.31. The van der Waals surface area contributed by atoms with E-state index in [0.717, 1.165) is 5.56 Å². The van der Waals surface area contributed by atoms with Gasteiger partial charge in [0, 0.05) is 24.0 Å². The lowest BCUT2D eigenvalue weighted by Crippen LogP contribution is -2.43. The lowest BCUT2D eigenvalue weighted by atomic mass is 9.97. The van der Waals surface area contributed by atoms with Crippen LogP contribution in [0.5, 0.6) is 17.2 Å². The Balaban J connectivity index is 1.64. The predicted octanol–water partition coefficient (Wildman–Crippen LogP) is 3.08. The van der Waals surface area contributed by atoms with Crippen LogP contribution < -0.4 is 19.5 Å². The maximum atomic E-state index is 13.1. The molecule has 1 N–H and O–H groups in total. The molecule has 0 spiro atoms. The fourth-order valence-electron chi connectivity index (χ4n) is 3.77. The Morgan fingerprint density at radius 3 is 2.19 bits per heavy atom. The highest BCUT2D eigenvalue weighted by atomic mass is 35.5. The van der Waals surface area contributed by atoms with E-state index in [-0.39, 0.29) is 42.1 Å². The molecule has 32 heavy (non-hydrogen) atoms. The molecule has 0 atom stereocenters. The van der Waals surface area contributed by atoms with E-state index >= 15 is 0 Å². The first-order chi connectivity index (χ1) is 15.3. The number of piperidine rings is 1. The molecule has 0 saturated carbocycles. The average Bonchev–Trinajstić information content (AvgIpc) is 2.82. The smallest absolute Gasteiger partial charge is 0.246 e. The number of sulfonamides is 1. The van der Waals surface area contributed by atoms with Gasteiger partial charge in [0.05, 0.1) is 33.4 Å². The van der Waals surface area contributed by atoms with Gasteiger partial charge in [-0.2, -0.15) is 4.31 Å². The van der Waals surface area contributed by atoms with Crippen molar-refractivity contribution in [2.45, 2.75) is 24.3 Å². The van der Waals surface area contributed by atoms with Crippen LogP contribution in [-0.2, 0) is 21.4 Å². The van der Waals surface area contributed by atoms with Gasteiger partial charge >= 0.3 is 0 Å². The molecule has 1 saturated heterocycles. The molecule has 1 aliphatic heterocycles. The summed E-state index contributed by atoms with van der Waals surface area (Å²) in [5, 5.41) is 3.24. The zero-order chi connectivity index (χ0) is 23.3. The summed E-state index contributed by atoms with van der Waals surface area (Å²) in [4.78, 5) is 12.8. The molecule has 2 aromatic carbocycles. The predicted molar refractivity (Wildman–Crippen MR) is 121 cm³/mol. The monoisotopic (exact) mass is 482 g/mol. The number of halogens is 1. The van der Waals surface area contributed by atoms with E-state index < -0.39 is 10.0 Å². The first-order valence-electron chi connectivity index (χ1n) is 10.1. The van der Waals surface area contributed by atoms with Crippen molar-refractivity contribution in [1.82, 2.24) is 9.62 Å². The van der Waals surface area contributed by atoms with Gasteiger partial charge in [0.15, 0.2) is 0 Å². The average molecular weight is 483 g/mol. The number of methoxy groups -OCH3 is 3. The highest BCUT2D eigenvalue weighted by molar-refractivity contribution is 7.89. The Kier molecular flexibility index (Phi) is 7.86. The summed E-state index contributed by atoms with van der Waals surface area (Å²) < 4.78 is 43.5. The fourth-order valence-corrected chi connectivity index (χ4v) is 5.66. The number of nitrogens with zero attached hydrogens (tertiary/aromatic N) is 1. The number of benzene rings is 2. The molecule has 0 aromatic heterocycles. The summed E-state index contributed by atoms with van der Waals surface area (Å²) in [7, 11) is 0.743. The van der Waals surface area contributed by atoms with Crippen molar-refractivity contribution < 1.29 is 27.4 Å². The van der Waals surface area contributed by atoms with Crippen LogP contribution in [0, 0.1) is 5.92 Å². The lowest BCUT2D eigenvalue weighted by molar-refractivity contribution is -0.126. The van der Waals surface area contributed by atoms with Crippen molar-refractivity contribution in [2.75, 3.05) is 34.4 Å². The third kappa shape index (κ3) is 5.11. The quantitative estimate of drug-likeness (QED) is 0.621. The van der Waals surface area contributed by atoms with Crippen molar-refractivity contribution in [3.63, 3.8) is 0 Å². The molecule has 1 fully saturated rings. The van der Waals surface area contributed by atoms with E-state index in [4.69, 9.17) is 25.8 Å². The SMILES string of the molecule is COc1ccc(Cl)cc1S(=O)(=O)N1CCC(C(=O)NCc2c(OC)cccc2OC)CC1. The highest BCUT2D eigenvalue weighted by Gasteiger charge is 2.34. The van der Waals surface area contributed by atoms with Gasteiger partial charge in [-0.05, 0) is 43.2 Å². The van der Waals surface area contributed by atoms with Crippen LogP contribution in [0.3, 0.4) is 0 Å². The number of rotatable bonds is 8. The van der Waals surface area contributed by atoms with Gasteiger partial charge in [0.2, 0.25) is 15.9 Å². The van der Waals surface area contributed by atoms with Crippen LogP contribution in [0.4, 0.5) is 0 Å². The summed E-state index contributed by atoms with van der Waals surface area (Å²) in [5.74, 6) is 1.07. The van der Waals surface area contributed by atoms with E-state index in [9.17, 15) is 13.2 Å². The zero-order valence-electron chi connectivity index (χ0n) is 18.3. The molecule has 0 radical (unpaired) electrons. The Bertz CT molecular complexity index is 1050. The van der Waals surface area contributed by atoms with Crippen LogP contribution in [0.2, 0.25) is 5.02 Å². The number of hydrogen-bond acceptors (Lipinski definition) is 6. The minimum absolute atomic E-state index is 0.0265. The summed E-state index contributed by atoms with van der Waals surface area (Å²) in [6, 6.07) is 9.91. The number of carbonyl (C=O) groups is 1. The molecular weight excluding hydrogens is 456 g/mol. The van der Waals surface area contributed by atoms with E-state index in [2.05, 4.69) is 5.32 Å². The highest BCUT2D eigenvalue weighted by Crippen LogP contribution is 2.32. The topological polar surface area (TPSA) is 94.2 Å². The van der Waals surface area contributed by atoms with Gasteiger partial charge in [-0.25, -0.2) is 8.42 Å². The minimum atomic E-state index is -3.79.